The Labute approximate surface area is 115 Å². The Morgan fingerprint density at radius 2 is 1.95 bits per heavy atom. The number of hydrogen-bond donors (Lipinski definition) is 1. The first-order chi connectivity index (χ1) is 9.29. The molecule has 1 aliphatic rings. The summed E-state index contributed by atoms with van der Waals surface area (Å²) in [5.41, 5.74) is 1.26. The Morgan fingerprint density at radius 3 is 2.58 bits per heavy atom. The maximum absolute atomic E-state index is 4.30. The number of anilines is 1. The number of aromatic nitrogens is 2. The van der Waals surface area contributed by atoms with Crippen molar-refractivity contribution in [3.05, 3.63) is 30.6 Å². The summed E-state index contributed by atoms with van der Waals surface area (Å²) in [6.45, 7) is 13.2. The zero-order valence-electron chi connectivity index (χ0n) is 11.7. The molecule has 1 aliphatic heterocycles. The standard InChI is InChI=1S/C14H23N5/c1-3-15-11-13(2)12-18-7-9-19(10-8-18)14-16-5-4-6-17-14/h4-6,15H,2-3,7-12H2,1H3. The van der Waals surface area contributed by atoms with Crippen molar-refractivity contribution in [1.82, 2.24) is 20.2 Å². The highest BCUT2D eigenvalue weighted by Crippen LogP contribution is 2.10. The van der Waals surface area contributed by atoms with Crippen LogP contribution >= 0.6 is 0 Å². The highest BCUT2D eigenvalue weighted by Gasteiger charge is 2.18. The molecule has 5 nitrogen and oxygen atoms in total. The molecule has 0 spiro atoms. The molecule has 1 aromatic heterocycles. The first-order valence-corrected chi connectivity index (χ1v) is 6.91. The maximum Gasteiger partial charge on any atom is 0.225 e. The third kappa shape index (κ3) is 4.29. The number of hydrogen-bond acceptors (Lipinski definition) is 5. The second-order valence-corrected chi connectivity index (χ2v) is 4.84. The molecule has 5 heteroatoms. The van der Waals surface area contributed by atoms with Gasteiger partial charge in [0.05, 0.1) is 0 Å². The summed E-state index contributed by atoms with van der Waals surface area (Å²) in [6.07, 6.45) is 3.60. The van der Waals surface area contributed by atoms with Gasteiger partial charge in [-0.1, -0.05) is 13.5 Å². The van der Waals surface area contributed by atoms with Crippen LogP contribution in [0.4, 0.5) is 5.95 Å². The van der Waals surface area contributed by atoms with Crippen molar-refractivity contribution in [3.8, 4) is 0 Å². The number of nitrogens with one attached hydrogen (secondary N) is 1. The van der Waals surface area contributed by atoms with Gasteiger partial charge < -0.3 is 10.2 Å². The minimum atomic E-state index is 0.841. The molecule has 2 heterocycles. The van der Waals surface area contributed by atoms with Crippen molar-refractivity contribution in [2.24, 2.45) is 0 Å². The minimum absolute atomic E-state index is 0.841. The Kier molecular flexibility index (Phi) is 5.30. The van der Waals surface area contributed by atoms with Gasteiger partial charge in [0, 0.05) is 51.7 Å². The van der Waals surface area contributed by atoms with Crippen LogP contribution in [0.5, 0.6) is 0 Å². The predicted octanol–water partition coefficient (Wildman–Crippen LogP) is 0.764. The number of rotatable bonds is 6. The number of nitrogens with zero attached hydrogens (tertiary/aromatic N) is 4. The molecule has 0 radical (unpaired) electrons. The third-order valence-corrected chi connectivity index (χ3v) is 3.28. The van der Waals surface area contributed by atoms with Gasteiger partial charge in [-0.3, -0.25) is 4.90 Å². The molecular weight excluding hydrogens is 238 g/mol. The van der Waals surface area contributed by atoms with E-state index in [1.54, 1.807) is 12.4 Å². The topological polar surface area (TPSA) is 44.3 Å². The maximum atomic E-state index is 4.30. The highest BCUT2D eigenvalue weighted by atomic mass is 15.3. The summed E-state index contributed by atoms with van der Waals surface area (Å²) in [7, 11) is 0. The zero-order valence-corrected chi connectivity index (χ0v) is 11.7. The van der Waals surface area contributed by atoms with Crippen LogP contribution in [0.15, 0.2) is 30.6 Å². The molecule has 104 valence electrons. The molecule has 2 rings (SSSR count). The van der Waals surface area contributed by atoms with E-state index in [1.807, 2.05) is 6.07 Å². The second-order valence-electron chi connectivity index (χ2n) is 4.84. The smallest absolute Gasteiger partial charge is 0.225 e. The molecule has 1 aromatic rings. The predicted molar refractivity (Wildman–Crippen MR) is 78.4 cm³/mol. The monoisotopic (exact) mass is 261 g/mol. The lowest BCUT2D eigenvalue weighted by molar-refractivity contribution is 0.275. The van der Waals surface area contributed by atoms with E-state index in [4.69, 9.17) is 0 Å². The van der Waals surface area contributed by atoms with E-state index in [0.29, 0.717) is 0 Å². The molecule has 0 bridgehead atoms. The summed E-state index contributed by atoms with van der Waals surface area (Å²) < 4.78 is 0. The molecule has 0 aromatic carbocycles. The van der Waals surface area contributed by atoms with E-state index >= 15 is 0 Å². The lowest BCUT2D eigenvalue weighted by Gasteiger charge is -2.35. The Hall–Kier alpha value is -1.46. The van der Waals surface area contributed by atoms with Crippen LogP contribution < -0.4 is 10.2 Å². The van der Waals surface area contributed by atoms with Crippen molar-refractivity contribution < 1.29 is 0 Å². The van der Waals surface area contributed by atoms with Crippen LogP contribution in [-0.2, 0) is 0 Å². The van der Waals surface area contributed by atoms with Crippen molar-refractivity contribution in [1.29, 1.82) is 0 Å². The Bertz CT molecular complexity index is 384. The van der Waals surface area contributed by atoms with Crippen LogP contribution in [0.1, 0.15) is 6.92 Å². The van der Waals surface area contributed by atoms with E-state index in [1.165, 1.54) is 5.57 Å². The van der Waals surface area contributed by atoms with Gasteiger partial charge in [-0.2, -0.15) is 0 Å². The molecule has 0 amide bonds. The summed E-state index contributed by atoms with van der Waals surface area (Å²) >= 11 is 0. The molecular formula is C14H23N5. The first-order valence-electron chi connectivity index (χ1n) is 6.91. The van der Waals surface area contributed by atoms with Gasteiger partial charge in [-0.05, 0) is 18.2 Å². The molecule has 1 fully saturated rings. The first kappa shape index (κ1) is 14.0. The van der Waals surface area contributed by atoms with Gasteiger partial charge in [0.25, 0.3) is 0 Å². The molecule has 1 N–H and O–H groups in total. The minimum Gasteiger partial charge on any atom is -0.338 e. The molecule has 0 aliphatic carbocycles. The lowest BCUT2D eigenvalue weighted by atomic mass is 10.2. The van der Waals surface area contributed by atoms with E-state index in [0.717, 1.165) is 51.8 Å². The van der Waals surface area contributed by atoms with Crippen LogP contribution in [0.3, 0.4) is 0 Å². The highest BCUT2D eigenvalue weighted by molar-refractivity contribution is 5.29. The molecule has 0 saturated carbocycles. The summed E-state index contributed by atoms with van der Waals surface area (Å²) in [5, 5.41) is 3.32. The van der Waals surface area contributed by atoms with Crippen molar-refractivity contribution >= 4 is 5.95 Å². The van der Waals surface area contributed by atoms with Crippen LogP contribution in [0.25, 0.3) is 0 Å². The quantitative estimate of drug-likeness (QED) is 0.766. The van der Waals surface area contributed by atoms with E-state index < -0.39 is 0 Å². The fourth-order valence-corrected chi connectivity index (χ4v) is 2.23. The largest absolute Gasteiger partial charge is 0.338 e. The molecule has 19 heavy (non-hydrogen) atoms. The summed E-state index contributed by atoms with van der Waals surface area (Å²) in [5.74, 6) is 0.841. The zero-order chi connectivity index (χ0) is 13.5. The number of likely N-dealkylation sites (N-methyl/N-ethyl adjacent to an activating group) is 1. The van der Waals surface area contributed by atoms with Gasteiger partial charge in [-0.25, -0.2) is 9.97 Å². The van der Waals surface area contributed by atoms with E-state index in [-0.39, 0.29) is 0 Å². The Morgan fingerprint density at radius 1 is 1.26 bits per heavy atom. The third-order valence-electron chi connectivity index (χ3n) is 3.28. The van der Waals surface area contributed by atoms with E-state index in [2.05, 4.69) is 38.6 Å². The van der Waals surface area contributed by atoms with Crippen molar-refractivity contribution in [3.63, 3.8) is 0 Å². The average molecular weight is 261 g/mol. The molecule has 1 saturated heterocycles. The van der Waals surface area contributed by atoms with Gasteiger partial charge in [-0.15, -0.1) is 0 Å². The van der Waals surface area contributed by atoms with E-state index in [9.17, 15) is 0 Å². The second kappa shape index (κ2) is 7.21. The summed E-state index contributed by atoms with van der Waals surface area (Å²) in [4.78, 5) is 13.3. The van der Waals surface area contributed by atoms with Crippen LogP contribution in [0.2, 0.25) is 0 Å². The lowest BCUT2D eigenvalue weighted by Crippen LogP contribution is -2.47. The normalized spacial score (nSPS) is 16.6. The average Bonchev–Trinajstić information content (AvgIpc) is 2.47. The van der Waals surface area contributed by atoms with Gasteiger partial charge in [0.2, 0.25) is 5.95 Å². The van der Waals surface area contributed by atoms with Gasteiger partial charge >= 0.3 is 0 Å². The van der Waals surface area contributed by atoms with Crippen molar-refractivity contribution in [2.75, 3.05) is 50.7 Å². The fourth-order valence-electron chi connectivity index (χ4n) is 2.23. The van der Waals surface area contributed by atoms with Crippen molar-refractivity contribution in [2.45, 2.75) is 6.92 Å². The van der Waals surface area contributed by atoms with Gasteiger partial charge in [0.15, 0.2) is 0 Å². The number of piperazine rings is 1. The molecule has 0 unspecified atom stereocenters. The fraction of sp³-hybridized carbons (Fsp3) is 0.571. The van der Waals surface area contributed by atoms with Crippen LogP contribution in [0, 0.1) is 0 Å². The van der Waals surface area contributed by atoms with Crippen LogP contribution in [-0.4, -0.2) is 60.7 Å². The van der Waals surface area contributed by atoms with Gasteiger partial charge in [0.1, 0.15) is 0 Å². The summed E-state index contributed by atoms with van der Waals surface area (Å²) in [6, 6.07) is 1.85. The Balaban J connectivity index is 1.75. The SMILES string of the molecule is C=C(CNCC)CN1CCN(c2ncccn2)CC1. The molecule has 0 atom stereocenters.